The van der Waals surface area contributed by atoms with Crippen LogP contribution in [0.3, 0.4) is 0 Å². The fraction of sp³-hybridized carbons (Fsp3) is 0.250. The van der Waals surface area contributed by atoms with Gasteiger partial charge in [-0.15, -0.1) is 0 Å². The van der Waals surface area contributed by atoms with Crippen molar-refractivity contribution < 1.29 is 4.74 Å². The van der Waals surface area contributed by atoms with E-state index in [-0.39, 0.29) is 6.04 Å². The van der Waals surface area contributed by atoms with E-state index >= 15 is 0 Å². The Morgan fingerprint density at radius 3 is 2.67 bits per heavy atom. The van der Waals surface area contributed by atoms with Crippen molar-refractivity contribution in [3.63, 3.8) is 0 Å². The van der Waals surface area contributed by atoms with Crippen molar-refractivity contribution in [3.8, 4) is 5.88 Å². The Morgan fingerprint density at radius 1 is 1.19 bits per heavy atom. The number of hydrogen-bond acceptors (Lipinski definition) is 4. The first-order valence-corrected chi connectivity index (χ1v) is 6.87. The summed E-state index contributed by atoms with van der Waals surface area (Å²) in [5.74, 6) is 1.60. The summed E-state index contributed by atoms with van der Waals surface area (Å²) in [5, 5.41) is 3.41. The molecule has 0 fully saturated rings. The van der Waals surface area contributed by atoms with E-state index in [0.717, 1.165) is 22.5 Å². The van der Waals surface area contributed by atoms with Crippen molar-refractivity contribution in [1.29, 1.82) is 0 Å². The molecule has 1 N–H and O–H groups in total. The second-order valence-corrected chi connectivity index (χ2v) is 4.97. The first-order valence-electron chi connectivity index (χ1n) is 6.87. The Morgan fingerprint density at radius 2 is 2.00 bits per heavy atom. The van der Waals surface area contributed by atoms with Crippen LogP contribution >= 0.6 is 0 Å². The zero-order chi connectivity index (χ0) is 14.8. The Balaban J connectivity index is 1.86. The monoisotopic (exact) mass is 282 g/mol. The zero-order valence-electron chi connectivity index (χ0n) is 12.4. The van der Waals surface area contributed by atoms with Crippen molar-refractivity contribution in [2.45, 2.75) is 13.0 Å². The molecule has 0 aliphatic heterocycles. The fourth-order valence-corrected chi connectivity index (χ4v) is 2.45. The molecule has 2 heterocycles. The normalized spacial score (nSPS) is 12.3. The Labute approximate surface area is 123 Å². The molecule has 108 valence electrons. The standard InChI is InChI=1S/C16H18N4O/c1-11(18-12-8-9-15(21-3)17-10-12)16-19-13-6-4-5-7-14(13)20(16)2/h4-11,18H,1-3H3/t11-/m0/s1. The number of anilines is 1. The predicted molar refractivity (Wildman–Crippen MR) is 83.5 cm³/mol. The molecule has 0 spiro atoms. The molecule has 0 saturated heterocycles. The average Bonchev–Trinajstić information content (AvgIpc) is 2.86. The van der Waals surface area contributed by atoms with Gasteiger partial charge >= 0.3 is 0 Å². The van der Waals surface area contributed by atoms with E-state index in [0.29, 0.717) is 5.88 Å². The number of nitrogens with zero attached hydrogens (tertiary/aromatic N) is 3. The Kier molecular flexibility index (Phi) is 3.48. The molecule has 0 unspecified atom stereocenters. The maximum Gasteiger partial charge on any atom is 0.213 e. The summed E-state index contributed by atoms with van der Waals surface area (Å²) in [6.07, 6.45) is 1.76. The van der Waals surface area contributed by atoms with E-state index in [1.165, 1.54) is 0 Å². The third-order valence-electron chi connectivity index (χ3n) is 3.54. The van der Waals surface area contributed by atoms with Crippen molar-refractivity contribution in [2.75, 3.05) is 12.4 Å². The SMILES string of the molecule is COc1ccc(N[C@@H](C)c2nc3ccccc3n2C)cn1. The lowest BCUT2D eigenvalue weighted by Gasteiger charge is -2.15. The molecule has 0 amide bonds. The first-order chi connectivity index (χ1) is 10.2. The van der Waals surface area contributed by atoms with Crippen LogP contribution < -0.4 is 10.1 Å². The van der Waals surface area contributed by atoms with E-state index < -0.39 is 0 Å². The number of nitrogens with one attached hydrogen (secondary N) is 1. The number of para-hydroxylation sites is 2. The highest BCUT2D eigenvalue weighted by atomic mass is 16.5. The highest BCUT2D eigenvalue weighted by Gasteiger charge is 2.14. The van der Waals surface area contributed by atoms with Crippen LogP contribution in [-0.2, 0) is 7.05 Å². The quantitative estimate of drug-likeness (QED) is 0.798. The van der Waals surface area contributed by atoms with Crippen molar-refractivity contribution >= 4 is 16.7 Å². The second kappa shape index (κ2) is 5.44. The van der Waals surface area contributed by atoms with Crippen molar-refractivity contribution in [2.24, 2.45) is 7.05 Å². The van der Waals surface area contributed by atoms with Gasteiger partial charge in [0.1, 0.15) is 5.82 Å². The summed E-state index contributed by atoms with van der Waals surface area (Å²) in [5.41, 5.74) is 3.08. The Bertz CT molecular complexity index is 749. The molecule has 5 nitrogen and oxygen atoms in total. The van der Waals surface area contributed by atoms with Gasteiger partial charge in [0.25, 0.3) is 0 Å². The van der Waals surface area contributed by atoms with Gasteiger partial charge in [-0.1, -0.05) is 12.1 Å². The molecular weight excluding hydrogens is 264 g/mol. The molecule has 0 saturated carbocycles. The maximum absolute atomic E-state index is 5.06. The number of pyridine rings is 1. The fourth-order valence-electron chi connectivity index (χ4n) is 2.45. The summed E-state index contributed by atoms with van der Waals surface area (Å²) in [6, 6.07) is 12.0. The van der Waals surface area contributed by atoms with Crippen LogP contribution in [0.5, 0.6) is 5.88 Å². The lowest BCUT2D eigenvalue weighted by Crippen LogP contribution is -2.12. The van der Waals surface area contributed by atoms with Crippen LogP contribution in [-0.4, -0.2) is 21.6 Å². The summed E-state index contributed by atoms with van der Waals surface area (Å²) in [6.45, 7) is 2.09. The number of benzene rings is 1. The molecule has 0 aliphatic rings. The number of methoxy groups -OCH3 is 1. The van der Waals surface area contributed by atoms with Crippen LogP contribution in [0.25, 0.3) is 11.0 Å². The molecule has 2 aromatic heterocycles. The van der Waals surface area contributed by atoms with Gasteiger partial charge in [-0.3, -0.25) is 0 Å². The minimum Gasteiger partial charge on any atom is -0.481 e. The number of fused-ring (bicyclic) bond motifs is 1. The minimum atomic E-state index is 0.0811. The lowest BCUT2D eigenvalue weighted by molar-refractivity contribution is 0.398. The van der Waals surface area contributed by atoms with E-state index in [4.69, 9.17) is 9.72 Å². The summed E-state index contributed by atoms with van der Waals surface area (Å²) in [7, 11) is 3.65. The third kappa shape index (κ3) is 2.54. The number of hydrogen-bond donors (Lipinski definition) is 1. The molecule has 1 aromatic carbocycles. The number of aryl methyl sites for hydroxylation is 1. The van der Waals surface area contributed by atoms with Gasteiger partial charge in [-0.05, 0) is 25.1 Å². The third-order valence-corrected chi connectivity index (χ3v) is 3.54. The van der Waals surface area contributed by atoms with E-state index in [1.807, 2.05) is 37.4 Å². The van der Waals surface area contributed by atoms with Gasteiger partial charge in [-0.25, -0.2) is 9.97 Å². The van der Waals surface area contributed by atoms with Crippen LogP contribution in [0.4, 0.5) is 5.69 Å². The summed E-state index contributed by atoms with van der Waals surface area (Å²) < 4.78 is 7.18. The highest BCUT2D eigenvalue weighted by molar-refractivity contribution is 5.76. The van der Waals surface area contributed by atoms with Gasteiger partial charge < -0.3 is 14.6 Å². The van der Waals surface area contributed by atoms with E-state index in [9.17, 15) is 0 Å². The summed E-state index contributed by atoms with van der Waals surface area (Å²) in [4.78, 5) is 8.89. The molecule has 5 heteroatoms. The smallest absolute Gasteiger partial charge is 0.213 e. The van der Waals surface area contributed by atoms with Crippen LogP contribution in [0.1, 0.15) is 18.8 Å². The largest absolute Gasteiger partial charge is 0.481 e. The zero-order valence-corrected chi connectivity index (χ0v) is 12.4. The van der Waals surface area contributed by atoms with Gasteiger partial charge in [0.05, 0.1) is 36.1 Å². The molecule has 0 radical (unpaired) electrons. The van der Waals surface area contributed by atoms with Crippen LogP contribution in [0.15, 0.2) is 42.6 Å². The second-order valence-electron chi connectivity index (χ2n) is 4.97. The predicted octanol–water partition coefficient (Wildman–Crippen LogP) is 3.15. The topological polar surface area (TPSA) is 52.0 Å². The number of imidazole rings is 1. The van der Waals surface area contributed by atoms with Crippen LogP contribution in [0, 0.1) is 0 Å². The highest BCUT2D eigenvalue weighted by Crippen LogP contribution is 2.22. The van der Waals surface area contributed by atoms with Gasteiger partial charge in [-0.2, -0.15) is 0 Å². The maximum atomic E-state index is 5.06. The molecule has 1 atom stereocenters. The van der Waals surface area contributed by atoms with Gasteiger partial charge in [0, 0.05) is 13.1 Å². The number of aromatic nitrogens is 3. The average molecular weight is 282 g/mol. The van der Waals surface area contributed by atoms with E-state index in [1.54, 1.807) is 13.3 Å². The van der Waals surface area contributed by atoms with E-state index in [2.05, 4.69) is 27.9 Å². The van der Waals surface area contributed by atoms with Gasteiger partial charge in [0.2, 0.25) is 5.88 Å². The minimum absolute atomic E-state index is 0.0811. The Hall–Kier alpha value is -2.56. The lowest BCUT2D eigenvalue weighted by atomic mass is 10.3. The number of ether oxygens (including phenoxy) is 1. The van der Waals surface area contributed by atoms with Gasteiger partial charge in [0.15, 0.2) is 0 Å². The summed E-state index contributed by atoms with van der Waals surface area (Å²) >= 11 is 0. The molecular formula is C16H18N4O. The molecule has 21 heavy (non-hydrogen) atoms. The number of rotatable bonds is 4. The van der Waals surface area contributed by atoms with Crippen molar-refractivity contribution in [1.82, 2.24) is 14.5 Å². The van der Waals surface area contributed by atoms with Crippen molar-refractivity contribution in [3.05, 3.63) is 48.4 Å². The molecule has 3 rings (SSSR count). The molecule has 0 aliphatic carbocycles. The molecule has 3 aromatic rings. The molecule has 0 bridgehead atoms. The van der Waals surface area contributed by atoms with Crippen LogP contribution in [0.2, 0.25) is 0 Å². The first kappa shape index (κ1) is 13.4.